The molecule has 7 nitrogen and oxygen atoms in total. The van der Waals surface area contributed by atoms with E-state index < -0.39 is 0 Å². The van der Waals surface area contributed by atoms with E-state index in [0.29, 0.717) is 23.8 Å². The van der Waals surface area contributed by atoms with Gasteiger partial charge < -0.3 is 4.57 Å². The van der Waals surface area contributed by atoms with Gasteiger partial charge in [-0.05, 0) is 6.42 Å². The molecule has 0 N–H and O–H groups in total. The third-order valence-corrected chi connectivity index (χ3v) is 4.39. The second kappa shape index (κ2) is 7.30. The van der Waals surface area contributed by atoms with Crippen LogP contribution in [0.1, 0.15) is 24.6 Å². The van der Waals surface area contributed by atoms with E-state index in [0.717, 1.165) is 35.0 Å². The molecule has 0 saturated heterocycles. The Bertz CT molecular complexity index is 1140. The van der Waals surface area contributed by atoms with Crippen LogP contribution in [0.5, 0.6) is 0 Å². The quantitative estimate of drug-likeness (QED) is 0.509. The zero-order chi connectivity index (χ0) is 18.6. The van der Waals surface area contributed by atoms with Gasteiger partial charge >= 0.3 is 0 Å². The van der Waals surface area contributed by atoms with E-state index in [4.69, 9.17) is 6.57 Å². The molecule has 4 heterocycles. The van der Waals surface area contributed by atoms with E-state index in [1.165, 1.54) is 0 Å². The van der Waals surface area contributed by atoms with E-state index in [9.17, 15) is 0 Å². The predicted molar refractivity (Wildman–Crippen MR) is 102 cm³/mol. The molecule has 27 heavy (non-hydrogen) atoms. The van der Waals surface area contributed by atoms with Crippen LogP contribution in [0.25, 0.3) is 27.3 Å². The fourth-order valence-corrected chi connectivity index (χ4v) is 3.17. The van der Waals surface area contributed by atoms with Gasteiger partial charge in [-0.1, -0.05) is 25.5 Å². The number of fused-ring (bicyclic) bond motifs is 1. The number of hydrogen-bond acceptors (Lipinski definition) is 5. The van der Waals surface area contributed by atoms with Crippen molar-refractivity contribution in [2.45, 2.75) is 26.3 Å². The number of imidazole rings is 1. The maximum atomic E-state index is 7.38. The van der Waals surface area contributed by atoms with Crippen LogP contribution < -0.4 is 0 Å². The van der Waals surface area contributed by atoms with Gasteiger partial charge in [0.15, 0.2) is 0 Å². The number of pyridine rings is 2. The largest absolute Gasteiger partial charge is 0.325 e. The summed E-state index contributed by atoms with van der Waals surface area (Å²) in [5.74, 6) is 0.661. The highest BCUT2D eigenvalue weighted by molar-refractivity contribution is 5.80. The van der Waals surface area contributed by atoms with Crippen LogP contribution >= 0.6 is 0 Å². The first-order chi connectivity index (χ1) is 13.3. The molecule has 0 spiro atoms. The molecule has 0 bridgehead atoms. The minimum absolute atomic E-state index is 0.484. The SMILES string of the molecule is [C-]#[N+]c1cccnc1-c1nccn1Cc1ncc2cncnc2c1CCC. The lowest BCUT2D eigenvalue weighted by atomic mass is 10.1. The van der Waals surface area contributed by atoms with E-state index in [-0.39, 0.29) is 0 Å². The first-order valence-corrected chi connectivity index (χ1v) is 8.72. The first-order valence-electron chi connectivity index (χ1n) is 8.72. The van der Waals surface area contributed by atoms with Crippen molar-refractivity contribution in [1.29, 1.82) is 0 Å². The number of aryl methyl sites for hydroxylation is 1. The fraction of sp³-hybridized carbons (Fsp3) is 0.200. The minimum atomic E-state index is 0.484. The smallest absolute Gasteiger partial charge is 0.216 e. The maximum absolute atomic E-state index is 7.38. The monoisotopic (exact) mass is 355 g/mol. The van der Waals surface area contributed by atoms with Crippen molar-refractivity contribution in [2.75, 3.05) is 0 Å². The Labute approximate surface area is 156 Å². The van der Waals surface area contributed by atoms with Crippen LogP contribution in [-0.4, -0.2) is 29.5 Å². The van der Waals surface area contributed by atoms with E-state index in [1.807, 2.05) is 17.0 Å². The highest BCUT2D eigenvalue weighted by Gasteiger charge is 2.15. The molecule has 0 radical (unpaired) electrons. The molecule has 0 aromatic carbocycles. The van der Waals surface area contributed by atoms with E-state index >= 15 is 0 Å². The van der Waals surface area contributed by atoms with Gasteiger partial charge in [-0.25, -0.2) is 19.8 Å². The van der Waals surface area contributed by atoms with E-state index in [2.05, 4.69) is 36.7 Å². The molecule has 0 fully saturated rings. The Morgan fingerprint density at radius 3 is 2.89 bits per heavy atom. The lowest BCUT2D eigenvalue weighted by Gasteiger charge is -2.13. The van der Waals surface area contributed by atoms with Crippen molar-refractivity contribution < 1.29 is 0 Å². The molecule has 132 valence electrons. The van der Waals surface area contributed by atoms with Crippen molar-refractivity contribution in [1.82, 2.24) is 29.5 Å². The van der Waals surface area contributed by atoms with Crippen molar-refractivity contribution in [3.05, 3.63) is 72.1 Å². The summed E-state index contributed by atoms with van der Waals surface area (Å²) in [7, 11) is 0. The topological polar surface area (TPSA) is 73.7 Å². The lowest BCUT2D eigenvalue weighted by Crippen LogP contribution is -2.08. The van der Waals surface area contributed by atoms with Crippen molar-refractivity contribution in [2.24, 2.45) is 0 Å². The number of nitrogens with zero attached hydrogens (tertiary/aromatic N) is 7. The van der Waals surface area contributed by atoms with Gasteiger partial charge in [-0.15, -0.1) is 0 Å². The zero-order valence-electron chi connectivity index (χ0n) is 14.9. The highest BCUT2D eigenvalue weighted by atomic mass is 15.1. The van der Waals surface area contributed by atoms with Crippen molar-refractivity contribution in [3.8, 4) is 11.5 Å². The molecule has 4 aromatic heterocycles. The third kappa shape index (κ3) is 3.13. The molecular weight excluding hydrogens is 338 g/mol. The summed E-state index contributed by atoms with van der Waals surface area (Å²) in [6.45, 7) is 10.1. The number of rotatable bonds is 5. The standard InChI is InChI=1S/C20H17N7/c1-3-5-15-17(25-11-14-10-22-13-26-18(14)15)12-27-9-8-24-20(27)19-16(21-2)6-4-7-23-19/h4,6-11,13H,3,5,12H2,1H3. The summed E-state index contributed by atoms with van der Waals surface area (Å²) in [6, 6.07) is 3.51. The summed E-state index contributed by atoms with van der Waals surface area (Å²) in [4.78, 5) is 25.6. The molecular formula is C20H17N7. The first kappa shape index (κ1) is 16.8. The normalized spacial score (nSPS) is 10.8. The maximum Gasteiger partial charge on any atom is 0.216 e. The Kier molecular flexibility index (Phi) is 4.54. The third-order valence-electron chi connectivity index (χ3n) is 4.39. The Morgan fingerprint density at radius 2 is 2.04 bits per heavy atom. The lowest BCUT2D eigenvalue weighted by molar-refractivity contribution is 0.760. The van der Waals surface area contributed by atoms with Gasteiger partial charge in [0.05, 0.1) is 24.3 Å². The average Bonchev–Trinajstić information content (AvgIpc) is 3.17. The minimum Gasteiger partial charge on any atom is -0.325 e. The summed E-state index contributed by atoms with van der Waals surface area (Å²) >= 11 is 0. The fourth-order valence-electron chi connectivity index (χ4n) is 3.17. The number of aromatic nitrogens is 6. The van der Waals surface area contributed by atoms with Crippen LogP contribution in [0.15, 0.2) is 49.4 Å². The molecule has 4 rings (SSSR count). The van der Waals surface area contributed by atoms with Gasteiger partial charge in [0.2, 0.25) is 5.69 Å². The summed E-state index contributed by atoms with van der Waals surface area (Å²) < 4.78 is 1.98. The summed E-state index contributed by atoms with van der Waals surface area (Å²) in [5.41, 5.74) is 4.08. The van der Waals surface area contributed by atoms with Gasteiger partial charge in [0.25, 0.3) is 0 Å². The van der Waals surface area contributed by atoms with Gasteiger partial charge in [-0.3, -0.25) is 9.97 Å². The second-order valence-corrected chi connectivity index (χ2v) is 6.12. The van der Waals surface area contributed by atoms with Crippen LogP contribution in [0.4, 0.5) is 5.69 Å². The molecule has 0 atom stereocenters. The van der Waals surface area contributed by atoms with Gasteiger partial charge in [0.1, 0.15) is 17.8 Å². The van der Waals surface area contributed by atoms with Crippen LogP contribution in [0, 0.1) is 6.57 Å². The average molecular weight is 355 g/mol. The summed E-state index contributed by atoms with van der Waals surface area (Å²) in [6.07, 6.45) is 12.3. The Morgan fingerprint density at radius 1 is 1.11 bits per heavy atom. The van der Waals surface area contributed by atoms with E-state index in [1.54, 1.807) is 37.1 Å². The molecule has 0 aliphatic heterocycles. The van der Waals surface area contributed by atoms with Crippen LogP contribution in [0.3, 0.4) is 0 Å². The zero-order valence-corrected chi connectivity index (χ0v) is 14.9. The molecule has 0 saturated carbocycles. The molecule has 0 amide bonds. The Balaban J connectivity index is 1.80. The molecule has 0 aliphatic carbocycles. The van der Waals surface area contributed by atoms with Gasteiger partial charge in [0, 0.05) is 41.9 Å². The molecule has 4 aromatic rings. The number of hydrogen-bond donors (Lipinski definition) is 0. The van der Waals surface area contributed by atoms with Crippen LogP contribution in [-0.2, 0) is 13.0 Å². The van der Waals surface area contributed by atoms with Crippen molar-refractivity contribution in [3.63, 3.8) is 0 Å². The highest BCUT2D eigenvalue weighted by Crippen LogP contribution is 2.28. The van der Waals surface area contributed by atoms with Gasteiger partial charge in [-0.2, -0.15) is 0 Å². The molecule has 0 unspecified atom stereocenters. The van der Waals surface area contributed by atoms with Crippen LogP contribution in [0.2, 0.25) is 0 Å². The molecule has 0 aliphatic rings. The second-order valence-electron chi connectivity index (χ2n) is 6.12. The summed E-state index contributed by atoms with van der Waals surface area (Å²) in [5, 5.41) is 0.940. The van der Waals surface area contributed by atoms with Crippen molar-refractivity contribution >= 4 is 16.6 Å². The predicted octanol–water partition coefficient (Wildman–Crippen LogP) is 3.83. The Hall–Kier alpha value is -3.66. The molecule has 7 heteroatoms.